The minimum absolute atomic E-state index is 0.0351. The molecule has 98 valence electrons. The van der Waals surface area contributed by atoms with E-state index in [1.165, 1.54) is 6.92 Å². The van der Waals surface area contributed by atoms with Gasteiger partial charge in [0.05, 0.1) is 0 Å². The van der Waals surface area contributed by atoms with E-state index in [-0.39, 0.29) is 5.78 Å². The van der Waals surface area contributed by atoms with Crippen LogP contribution in [-0.4, -0.2) is 5.78 Å². The number of carbonyl (C=O) groups excluding carboxylic acids is 1. The molecule has 0 amide bonds. The van der Waals surface area contributed by atoms with E-state index < -0.39 is 0 Å². The molecule has 0 bridgehead atoms. The van der Waals surface area contributed by atoms with E-state index >= 15 is 0 Å². The number of Topliss-reactive ketones (excluding diaryl/α,β-unsaturated/α-hetero) is 1. The van der Waals surface area contributed by atoms with Crippen molar-refractivity contribution in [3.8, 4) is 0 Å². The second kappa shape index (κ2) is 5.45. The Balaban J connectivity index is 2.36. The minimum atomic E-state index is -0.0351. The van der Waals surface area contributed by atoms with Gasteiger partial charge in [0.25, 0.3) is 0 Å². The summed E-state index contributed by atoms with van der Waals surface area (Å²) in [6.07, 6.45) is 0. The number of hydrogen-bond donors (Lipinski definition) is 2. The summed E-state index contributed by atoms with van der Waals surface area (Å²) in [6.45, 7) is 3.54. The molecule has 0 saturated heterocycles. The van der Waals surface area contributed by atoms with Gasteiger partial charge in [-0.15, -0.1) is 0 Å². The van der Waals surface area contributed by atoms with Crippen LogP contribution in [0.5, 0.6) is 0 Å². The Labute approximate surface area is 121 Å². The van der Waals surface area contributed by atoms with Crippen LogP contribution in [0, 0.1) is 6.92 Å². The molecule has 0 radical (unpaired) electrons. The van der Waals surface area contributed by atoms with Gasteiger partial charge in [-0.1, -0.05) is 22.0 Å². The number of hydrogen-bond acceptors (Lipinski definition) is 3. The van der Waals surface area contributed by atoms with E-state index in [1.807, 2.05) is 31.2 Å². The summed E-state index contributed by atoms with van der Waals surface area (Å²) in [5.74, 6) is -0.0351. The number of benzene rings is 2. The van der Waals surface area contributed by atoms with Gasteiger partial charge in [-0.25, -0.2) is 0 Å². The van der Waals surface area contributed by atoms with Crippen LogP contribution in [0.1, 0.15) is 22.8 Å². The summed E-state index contributed by atoms with van der Waals surface area (Å²) >= 11 is 3.49. The number of ketones is 1. The summed E-state index contributed by atoms with van der Waals surface area (Å²) in [7, 11) is 0. The third kappa shape index (κ3) is 2.96. The molecule has 0 aliphatic rings. The van der Waals surface area contributed by atoms with Crippen LogP contribution in [0.3, 0.4) is 0 Å². The highest BCUT2D eigenvalue weighted by Crippen LogP contribution is 2.27. The van der Waals surface area contributed by atoms with Crippen LogP contribution in [-0.2, 0) is 0 Å². The molecule has 0 fully saturated rings. The summed E-state index contributed by atoms with van der Waals surface area (Å²) in [5, 5.41) is 3.30. The lowest BCUT2D eigenvalue weighted by atomic mass is 10.1. The van der Waals surface area contributed by atoms with Gasteiger partial charge < -0.3 is 11.1 Å². The third-order valence-electron chi connectivity index (χ3n) is 2.98. The molecule has 4 heteroatoms. The van der Waals surface area contributed by atoms with Crippen LogP contribution < -0.4 is 11.1 Å². The van der Waals surface area contributed by atoms with Crippen LogP contribution in [0.15, 0.2) is 40.9 Å². The lowest BCUT2D eigenvalue weighted by Crippen LogP contribution is -2.01. The van der Waals surface area contributed by atoms with Crippen molar-refractivity contribution in [3.63, 3.8) is 0 Å². The molecule has 0 aromatic heterocycles. The van der Waals surface area contributed by atoms with Crippen molar-refractivity contribution in [2.24, 2.45) is 0 Å². The maximum atomic E-state index is 11.5. The fourth-order valence-corrected chi connectivity index (χ4v) is 2.20. The van der Waals surface area contributed by atoms with E-state index in [0.717, 1.165) is 21.4 Å². The average Bonchev–Trinajstić information content (AvgIpc) is 2.37. The summed E-state index contributed by atoms with van der Waals surface area (Å²) in [5.41, 5.74) is 9.78. The van der Waals surface area contributed by atoms with Crippen molar-refractivity contribution in [1.82, 2.24) is 0 Å². The normalized spacial score (nSPS) is 10.3. The van der Waals surface area contributed by atoms with Gasteiger partial charge in [-0.3, -0.25) is 4.79 Å². The van der Waals surface area contributed by atoms with Gasteiger partial charge in [-0.05, 0) is 49.7 Å². The monoisotopic (exact) mass is 318 g/mol. The first kappa shape index (κ1) is 13.6. The molecule has 0 aliphatic heterocycles. The van der Waals surface area contributed by atoms with Gasteiger partial charge in [-0.2, -0.15) is 0 Å². The van der Waals surface area contributed by atoms with Gasteiger partial charge in [0.15, 0.2) is 5.78 Å². The maximum Gasteiger partial charge on any atom is 0.161 e. The third-order valence-corrected chi connectivity index (χ3v) is 3.84. The summed E-state index contributed by atoms with van der Waals surface area (Å²) < 4.78 is 1.04. The summed E-state index contributed by atoms with van der Waals surface area (Å²) in [6, 6.07) is 11.3. The van der Waals surface area contributed by atoms with Crippen LogP contribution in [0.4, 0.5) is 17.1 Å². The zero-order valence-corrected chi connectivity index (χ0v) is 12.4. The van der Waals surface area contributed by atoms with E-state index in [4.69, 9.17) is 5.73 Å². The Kier molecular flexibility index (Phi) is 3.90. The second-order valence-corrected chi connectivity index (χ2v) is 5.25. The van der Waals surface area contributed by atoms with E-state index in [0.29, 0.717) is 11.3 Å². The number of nitrogens with one attached hydrogen (secondary N) is 1. The molecule has 3 nitrogen and oxygen atoms in total. The first-order chi connectivity index (χ1) is 8.99. The van der Waals surface area contributed by atoms with Gasteiger partial charge in [0.1, 0.15) is 0 Å². The van der Waals surface area contributed by atoms with Crippen molar-refractivity contribution < 1.29 is 4.79 Å². The molecule has 0 aliphatic carbocycles. The van der Waals surface area contributed by atoms with Crippen molar-refractivity contribution in [3.05, 3.63) is 52.0 Å². The Morgan fingerprint density at radius 2 is 2.00 bits per heavy atom. The Morgan fingerprint density at radius 1 is 1.26 bits per heavy atom. The number of carbonyl (C=O) groups is 1. The topological polar surface area (TPSA) is 55.1 Å². The smallest absolute Gasteiger partial charge is 0.161 e. The molecular weight excluding hydrogens is 304 g/mol. The van der Waals surface area contributed by atoms with E-state index in [9.17, 15) is 4.79 Å². The average molecular weight is 319 g/mol. The fourth-order valence-electron chi connectivity index (χ4n) is 1.84. The molecule has 3 N–H and O–H groups in total. The highest BCUT2D eigenvalue weighted by atomic mass is 79.9. The maximum absolute atomic E-state index is 11.5. The molecular formula is C15H15BrN2O. The minimum Gasteiger partial charge on any atom is -0.398 e. The molecule has 0 saturated carbocycles. The molecule has 0 spiro atoms. The number of anilines is 3. The first-order valence-corrected chi connectivity index (χ1v) is 6.71. The fraction of sp³-hybridized carbons (Fsp3) is 0.133. The van der Waals surface area contributed by atoms with Crippen molar-refractivity contribution in [2.45, 2.75) is 13.8 Å². The largest absolute Gasteiger partial charge is 0.398 e. The number of nitrogen functional groups attached to an aromatic ring is 1. The summed E-state index contributed by atoms with van der Waals surface area (Å²) in [4.78, 5) is 11.5. The highest BCUT2D eigenvalue weighted by Gasteiger charge is 2.07. The first-order valence-electron chi connectivity index (χ1n) is 5.91. The molecule has 0 heterocycles. The van der Waals surface area contributed by atoms with Crippen LogP contribution >= 0.6 is 15.9 Å². The Hall–Kier alpha value is -1.81. The van der Waals surface area contributed by atoms with Crippen LogP contribution in [0.2, 0.25) is 0 Å². The molecule has 2 aromatic rings. The van der Waals surface area contributed by atoms with Crippen molar-refractivity contribution in [2.75, 3.05) is 11.1 Å². The van der Waals surface area contributed by atoms with E-state index in [2.05, 4.69) is 21.2 Å². The van der Waals surface area contributed by atoms with Crippen LogP contribution in [0.25, 0.3) is 0 Å². The van der Waals surface area contributed by atoms with Gasteiger partial charge in [0.2, 0.25) is 0 Å². The van der Waals surface area contributed by atoms with E-state index in [1.54, 1.807) is 12.1 Å². The lowest BCUT2D eigenvalue weighted by molar-refractivity contribution is 0.101. The van der Waals surface area contributed by atoms with Gasteiger partial charge >= 0.3 is 0 Å². The van der Waals surface area contributed by atoms with Crippen molar-refractivity contribution >= 4 is 38.8 Å². The SMILES string of the molecule is CC(=O)c1cc(Nc2cccc(Br)c2C)ccc1N. The number of halogens is 1. The predicted octanol–water partition coefficient (Wildman–Crippen LogP) is 4.29. The molecule has 19 heavy (non-hydrogen) atoms. The second-order valence-electron chi connectivity index (χ2n) is 4.40. The number of nitrogens with two attached hydrogens (primary N) is 1. The lowest BCUT2D eigenvalue weighted by Gasteiger charge is -2.12. The van der Waals surface area contributed by atoms with Crippen molar-refractivity contribution in [1.29, 1.82) is 0 Å². The zero-order valence-electron chi connectivity index (χ0n) is 10.8. The number of rotatable bonds is 3. The molecule has 2 aromatic carbocycles. The quantitative estimate of drug-likeness (QED) is 0.655. The molecule has 0 unspecified atom stereocenters. The van der Waals surface area contributed by atoms with Gasteiger partial charge in [0, 0.05) is 27.1 Å². The molecule has 0 atom stereocenters. The highest BCUT2D eigenvalue weighted by molar-refractivity contribution is 9.10. The predicted molar refractivity (Wildman–Crippen MR) is 83.0 cm³/mol. The standard InChI is InChI=1S/C15H15BrN2O/c1-9-13(16)4-3-5-15(9)18-11-6-7-14(17)12(8-11)10(2)19/h3-8,18H,17H2,1-2H3. The Morgan fingerprint density at radius 3 is 2.68 bits per heavy atom. The Bertz CT molecular complexity index is 638. The zero-order chi connectivity index (χ0) is 14.0. The molecule has 2 rings (SSSR count).